The van der Waals surface area contributed by atoms with Gasteiger partial charge in [0.2, 0.25) is 0 Å². The van der Waals surface area contributed by atoms with Gasteiger partial charge in [0.25, 0.3) is 5.91 Å². The number of carbonyl (C=O) groups excluding carboxylic acids is 2. The van der Waals surface area contributed by atoms with Crippen molar-refractivity contribution in [3.63, 3.8) is 0 Å². The van der Waals surface area contributed by atoms with Crippen LogP contribution in [0.1, 0.15) is 25.5 Å². The molecule has 4 N–H and O–H groups in total. The summed E-state index contributed by atoms with van der Waals surface area (Å²) in [6.07, 6.45) is 0.692. The average Bonchev–Trinajstić information content (AvgIpc) is 2.78. The Morgan fingerprint density at radius 2 is 1.81 bits per heavy atom. The number of rotatable bonds is 6. The lowest BCUT2D eigenvalue weighted by atomic mass is 9.82. The normalized spacial score (nSPS) is 12.5. The van der Waals surface area contributed by atoms with E-state index in [0.717, 1.165) is 29.0 Å². The Morgan fingerprint density at radius 1 is 1.09 bits per heavy atom. The van der Waals surface area contributed by atoms with Crippen molar-refractivity contribution in [2.24, 2.45) is 5.41 Å². The van der Waals surface area contributed by atoms with Crippen molar-refractivity contribution < 1.29 is 29.0 Å². The summed E-state index contributed by atoms with van der Waals surface area (Å²) in [4.78, 5) is 24.3. The van der Waals surface area contributed by atoms with Crippen LogP contribution in [0.4, 0.5) is 14.9 Å². The van der Waals surface area contributed by atoms with E-state index in [1.54, 1.807) is 26.0 Å². The van der Waals surface area contributed by atoms with E-state index < -0.39 is 35.1 Å². The topological polar surface area (TPSA) is 108 Å². The van der Waals surface area contributed by atoms with Crippen molar-refractivity contribution in [3.8, 4) is 5.75 Å². The number of phenols is 1. The molecule has 0 aliphatic heterocycles. The molecule has 0 radical (unpaired) electrons. The van der Waals surface area contributed by atoms with Crippen molar-refractivity contribution in [2.75, 3.05) is 5.32 Å². The third kappa shape index (κ3) is 5.22. The zero-order valence-electron chi connectivity index (χ0n) is 17.5. The van der Waals surface area contributed by atoms with Crippen LogP contribution >= 0.6 is 0 Å². The Balaban J connectivity index is 1.92. The van der Waals surface area contributed by atoms with Crippen LogP contribution < -0.4 is 10.8 Å². The molecule has 2 amide bonds. The van der Waals surface area contributed by atoms with Gasteiger partial charge in [0.1, 0.15) is 6.10 Å². The van der Waals surface area contributed by atoms with Gasteiger partial charge in [-0.3, -0.25) is 15.3 Å². The van der Waals surface area contributed by atoms with Crippen LogP contribution in [-0.2, 0) is 9.53 Å². The third-order valence-corrected chi connectivity index (χ3v) is 4.98. The molecule has 166 valence electrons. The van der Waals surface area contributed by atoms with E-state index in [2.05, 4.69) is 5.32 Å². The van der Waals surface area contributed by atoms with Gasteiger partial charge in [0.05, 0.1) is 5.69 Å². The maximum absolute atomic E-state index is 14.0. The van der Waals surface area contributed by atoms with Gasteiger partial charge in [0, 0.05) is 16.9 Å². The Labute approximate surface area is 184 Å². The predicted octanol–water partition coefficient (Wildman–Crippen LogP) is 5.06. The Morgan fingerprint density at radius 3 is 2.53 bits per heavy atom. The molecule has 0 aliphatic rings. The summed E-state index contributed by atoms with van der Waals surface area (Å²) in [7, 11) is 0. The van der Waals surface area contributed by atoms with Crippen molar-refractivity contribution in [1.29, 1.82) is 0 Å². The highest BCUT2D eigenvalue weighted by Gasteiger charge is 2.33. The number of fused-ring (bicyclic) bond motifs is 1. The van der Waals surface area contributed by atoms with Crippen molar-refractivity contribution in [3.05, 3.63) is 84.2 Å². The fourth-order valence-corrected chi connectivity index (χ4v) is 3.33. The van der Waals surface area contributed by atoms with Crippen LogP contribution in [0.25, 0.3) is 10.8 Å². The molecule has 0 unspecified atom stereocenters. The molecule has 0 aromatic heterocycles. The first kappa shape index (κ1) is 22.8. The Kier molecular flexibility index (Phi) is 6.75. The molecule has 3 aromatic carbocycles. The molecular weight excluding hydrogens is 415 g/mol. The summed E-state index contributed by atoms with van der Waals surface area (Å²) < 4.78 is 19.7. The highest BCUT2D eigenvalue weighted by molar-refractivity contribution is 6.00. The molecule has 1 atom stereocenters. The van der Waals surface area contributed by atoms with Crippen LogP contribution in [0.2, 0.25) is 0 Å². The van der Waals surface area contributed by atoms with E-state index in [-0.39, 0.29) is 5.56 Å². The zero-order chi connectivity index (χ0) is 23.3. The van der Waals surface area contributed by atoms with Gasteiger partial charge in [-0.15, -0.1) is 0 Å². The molecule has 0 heterocycles. The molecule has 0 fully saturated rings. The second-order valence-electron chi connectivity index (χ2n) is 7.78. The Hall–Kier alpha value is -3.91. The van der Waals surface area contributed by atoms with Crippen LogP contribution in [0, 0.1) is 11.2 Å². The molecule has 7 nitrogen and oxygen atoms in total. The maximum atomic E-state index is 14.0. The first-order valence-corrected chi connectivity index (χ1v) is 9.78. The number of aromatic hydroxyl groups is 1. The molecule has 0 saturated heterocycles. The number of anilines is 1. The van der Waals surface area contributed by atoms with Gasteiger partial charge in [-0.05, 0) is 29.1 Å². The highest BCUT2D eigenvalue weighted by atomic mass is 19.1. The van der Waals surface area contributed by atoms with Crippen molar-refractivity contribution in [2.45, 2.75) is 20.0 Å². The van der Waals surface area contributed by atoms with E-state index in [1.807, 2.05) is 30.3 Å². The van der Waals surface area contributed by atoms with E-state index in [0.29, 0.717) is 5.69 Å². The molecule has 8 heteroatoms. The number of hydrogen-bond donors (Lipinski definition) is 4. The molecule has 3 rings (SSSR count). The zero-order valence-corrected chi connectivity index (χ0v) is 17.5. The average molecular weight is 438 g/mol. The van der Waals surface area contributed by atoms with Crippen LogP contribution in [0.15, 0.2) is 72.8 Å². The second-order valence-corrected chi connectivity index (χ2v) is 7.78. The smallest absolute Gasteiger partial charge is 0.412 e. The molecular formula is C24H23FN2O5. The van der Waals surface area contributed by atoms with Gasteiger partial charge < -0.3 is 9.84 Å². The molecule has 0 bridgehead atoms. The third-order valence-electron chi connectivity index (χ3n) is 4.98. The van der Waals surface area contributed by atoms with E-state index in [1.165, 1.54) is 17.6 Å². The molecule has 0 saturated carbocycles. The van der Waals surface area contributed by atoms with Gasteiger partial charge in [-0.2, -0.15) is 0 Å². The summed E-state index contributed by atoms with van der Waals surface area (Å²) in [5.41, 5.74) is 1.30. The minimum atomic E-state index is -1.03. The molecule has 3 aromatic rings. The highest BCUT2D eigenvalue weighted by Crippen LogP contribution is 2.39. The summed E-state index contributed by atoms with van der Waals surface area (Å²) in [5, 5.41) is 22.7. The number of hydroxylamine groups is 1. The number of ether oxygens (including phenoxy) is 1. The first-order chi connectivity index (χ1) is 15.2. The maximum Gasteiger partial charge on any atom is 0.412 e. The standard InChI is InChI=1S/C24H23FN2O5/c1-24(2,13-12-21(29)27-31)22(16-10-11-20(28)18(25)14-16)32-23(30)26-19-9-5-7-15-6-3-4-8-17(15)19/h3-14,22,28,31H,1-2H3,(H,26,30)(H,27,29)/b13-12+/t22-/m1/s1. The number of carbonyl (C=O) groups is 2. The van der Waals surface area contributed by atoms with E-state index in [4.69, 9.17) is 9.94 Å². The van der Waals surface area contributed by atoms with Crippen molar-refractivity contribution >= 4 is 28.5 Å². The summed E-state index contributed by atoms with van der Waals surface area (Å²) in [5.74, 6) is -2.19. The lowest BCUT2D eigenvalue weighted by Crippen LogP contribution is -2.28. The second kappa shape index (κ2) is 9.49. The monoisotopic (exact) mass is 438 g/mol. The van der Waals surface area contributed by atoms with E-state index in [9.17, 15) is 19.1 Å². The van der Waals surface area contributed by atoms with Crippen LogP contribution in [0.5, 0.6) is 5.75 Å². The summed E-state index contributed by atoms with van der Waals surface area (Å²) in [6, 6.07) is 16.6. The van der Waals surface area contributed by atoms with Gasteiger partial charge in [-0.1, -0.05) is 62.4 Å². The van der Waals surface area contributed by atoms with Gasteiger partial charge >= 0.3 is 6.09 Å². The number of amides is 2. The number of benzene rings is 3. The SMILES string of the molecule is CC(C)(/C=C/C(=O)NO)[C@H](OC(=O)Nc1cccc2ccccc12)c1ccc(O)c(F)c1. The quantitative estimate of drug-likeness (QED) is 0.244. The lowest BCUT2D eigenvalue weighted by molar-refractivity contribution is -0.124. The minimum absolute atomic E-state index is 0.271. The van der Waals surface area contributed by atoms with Gasteiger partial charge in [-0.25, -0.2) is 14.7 Å². The summed E-state index contributed by atoms with van der Waals surface area (Å²) >= 11 is 0. The Bertz CT molecular complexity index is 1170. The minimum Gasteiger partial charge on any atom is -0.505 e. The number of hydrogen-bond acceptors (Lipinski definition) is 5. The molecule has 0 aliphatic carbocycles. The number of phenolic OH excluding ortho intramolecular Hbond substituents is 1. The van der Waals surface area contributed by atoms with E-state index >= 15 is 0 Å². The fourth-order valence-electron chi connectivity index (χ4n) is 3.33. The number of nitrogens with one attached hydrogen (secondary N) is 2. The summed E-state index contributed by atoms with van der Waals surface area (Å²) in [6.45, 7) is 3.35. The first-order valence-electron chi connectivity index (χ1n) is 9.78. The predicted molar refractivity (Wildman–Crippen MR) is 118 cm³/mol. The largest absolute Gasteiger partial charge is 0.505 e. The number of halogens is 1. The lowest BCUT2D eigenvalue weighted by Gasteiger charge is -2.31. The molecule has 0 spiro atoms. The van der Waals surface area contributed by atoms with Crippen molar-refractivity contribution in [1.82, 2.24) is 5.48 Å². The van der Waals surface area contributed by atoms with Crippen LogP contribution in [-0.4, -0.2) is 22.3 Å². The molecule has 32 heavy (non-hydrogen) atoms. The fraction of sp³-hybridized carbons (Fsp3) is 0.167. The van der Waals surface area contributed by atoms with Gasteiger partial charge in [0.15, 0.2) is 11.6 Å². The van der Waals surface area contributed by atoms with Crippen LogP contribution in [0.3, 0.4) is 0 Å².